The van der Waals surface area contributed by atoms with Gasteiger partial charge in [0.25, 0.3) is 0 Å². The van der Waals surface area contributed by atoms with Gasteiger partial charge >= 0.3 is 7.12 Å². The van der Waals surface area contributed by atoms with Crippen molar-refractivity contribution in [1.29, 1.82) is 0 Å². The molecule has 0 aromatic heterocycles. The van der Waals surface area contributed by atoms with Crippen molar-refractivity contribution in [2.45, 2.75) is 20.4 Å². The van der Waals surface area contributed by atoms with Gasteiger partial charge in [0.2, 0.25) is 0 Å². The molecule has 0 atom stereocenters. The second kappa shape index (κ2) is 6.59. The Morgan fingerprint density at radius 2 is 1.65 bits per heavy atom. The average Bonchev–Trinajstić information content (AvgIpc) is 2.46. The lowest BCUT2D eigenvalue weighted by atomic mass is 9.80. The van der Waals surface area contributed by atoms with E-state index < -0.39 is 7.12 Å². The monoisotopic (exact) mass is 269 g/mol. The summed E-state index contributed by atoms with van der Waals surface area (Å²) < 4.78 is 0. The van der Waals surface area contributed by atoms with Crippen molar-refractivity contribution in [2.24, 2.45) is 0 Å². The molecule has 104 valence electrons. The summed E-state index contributed by atoms with van der Waals surface area (Å²) in [5, 5.41) is 18.2. The third kappa shape index (κ3) is 3.41. The van der Waals surface area contributed by atoms with Crippen LogP contribution in [0.15, 0.2) is 48.5 Å². The van der Waals surface area contributed by atoms with E-state index in [1.165, 1.54) is 11.3 Å². The Balaban J connectivity index is 2.16. The van der Waals surface area contributed by atoms with E-state index in [9.17, 15) is 0 Å². The summed E-state index contributed by atoms with van der Waals surface area (Å²) in [5.74, 6) is 0. The molecule has 0 aliphatic heterocycles. The Bertz CT molecular complexity index is 555. The Kier molecular flexibility index (Phi) is 4.82. The SMILES string of the molecule is CCN(Cc1ccc(B(O)O)cc1)c1ccccc1C. The van der Waals surface area contributed by atoms with Crippen LogP contribution in [0.3, 0.4) is 0 Å². The number of hydrogen-bond donors (Lipinski definition) is 2. The summed E-state index contributed by atoms with van der Waals surface area (Å²) in [6.07, 6.45) is 0. The number of nitrogens with zero attached hydrogens (tertiary/aromatic N) is 1. The summed E-state index contributed by atoms with van der Waals surface area (Å²) in [4.78, 5) is 2.31. The summed E-state index contributed by atoms with van der Waals surface area (Å²) in [6, 6.07) is 15.7. The van der Waals surface area contributed by atoms with Gasteiger partial charge in [-0.15, -0.1) is 0 Å². The van der Waals surface area contributed by atoms with Gasteiger partial charge in [-0.3, -0.25) is 0 Å². The molecule has 0 fully saturated rings. The average molecular weight is 269 g/mol. The highest BCUT2D eigenvalue weighted by molar-refractivity contribution is 6.58. The van der Waals surface area contributed by atoms with Crippen LogP contribution in [0.4, 0.5) is 5.69 Å². The van der Waals surface area contributed by atoms with E-state index in [0.29, 0.717) is 5.46 Å². The van der Waals surface area contributed by atoms with E-state index in [2.05, 4.69) is 36.9 Å². The second-order valence-electron chi connectivity index (χ2n) is 4.92. The Morgan fingerprint density at radius 1 is 1.00 bits per heavy atom. The maximum atomic E-state index is 9.10. The molecule has 0 aliphatic rings. The summed E-state index contributed by atoms with van der Waals surface area (Å²) in [5.41, 5.74) is 4.17. The van der Waals surface area contributed by atoms with E-state index in [4.69, 9.17) is 10.0 Å². The fourth-order valence-corrected chi connectivity index (χ4v) is 2.30. The van der Waals surface area contributed by atoms with Crippen LogP contribution < -0.4 is 10.4 Å². The molecule has 0 saturated heterocycles. The van der Waals surface area contributed by atoms with Crippen LogP contribution in [0.5, 0.6) is 0 Å². The molecule has 4 heteroatoms. The minimum atomic E-state index is -1.40. The van der Waals surface area contributed by atoms with Crippen LogP contribution in [0.1, 0.15) is 18.1 Å². The van der Waals surface area contributed by atoms with E-state index in [1.54, 1.807) is 12.1 Å². The second-order valence-corrected chi connectivity index (χ2v) is 4.92. The largest absolute Gasteiger partial charge is 0.488 e. The van der Waals surface area contributed by atoms with Crippen molar-refractivity contribution in [2.75, 3.05) is 11.4 Å². The van der Waals surface area contributed by atoms with Gasteiger partial charge in [-0.05, 0) is 36.5 Å². The van der Waals surface area contributed by atoms with Gasteiger partial charge in [-0.2, -0.15) is 0 Å². The van der Waals surface area contributed by atoms with Crippen LogP contribution in [0.2, 0.25) is 0 Å². The van der Waals surface area contributed by atoms with Crippen molar-refractivity contribution in [3.8, 4) is 0 Å². The molecular formula is C16H20BNO2. The molecule has 0 bridgehead atoms. The first-order chi connectivity index (χ1) is 9.61. The first kappa shape index (κ1) is 14.6. The minimum Gasteiger partial charge on any atom is -0.423 e. The van der Waals surface area contributed by atoms with Crippen molar-refractivity contribution in [1.82, 2.24) is 0 Å². The first-order valence-corrected chi connectivity index (χ1v) is 6.87. The maximum Gasteiger partial charge on any atom is 0.488 e. The minimum absolute atomic E-state index is 0.521. The van der Waals surface area contributed by atoms with Crippen LogP contribution in [-0.4, -0.2) is 23.7 Å². The molecule has 0 saturated carbocycles. The third-order valence-electron chi connectivity index (χ3n) is 3.49. The standard InChI is InChI=1S/C16H20BNO2/c1-3-18(16-7-5-4-6-13(16)2)12-14-8-10-15(11-9-14)17(19)20/h4-11,19-20H,3,12H2,1-2H3. The molecule has 2 aromatic carbocycles. The zero-order chi connectivity index (χ0) is 14.5. The highest BCUT2D eigenvalue weighted by atomic mass is 16.4. The summed E-state index contributed by atoms with van der Waals surface area (Å²) >= 11 is 0. The fraction of sp³-hybridized carbons (Fsp3) is 0.250. The molecule has 0 radical (unpaired) electrons. The molecule has 3 nitrogen and oxygen atoms in total. The zero-order valence-corrected chi connectivity index (χ0v) is 12.0. The number of aryl methyl sites for hydroxylation is 1. The van der Waals surface area contributed by atoms with Crippen molar-refractivity contribution in [3.05, 3.63) is 59.7 Å². The Hall–Kier alpha value is -1.78. The highest BCUT2D eigenvalue weighted by Crippen LogP contribution is 2.21. The normalized spacial score (nSPS) is 10.4. The maximum absolute atomic E-state index is 9.10. The van der Waals surface area contributed by atoms with Crippen molar-refractivity contribution < 1.29 is 10.0 Å². The zero-order valence-electron chi connectivity index (χ0n) is 12.0. The number of benzene rings is 2. The molecular weight excluding hydrogens is 249 g/mol. The van der Waals surface area contributed by atoms with Crippen LogP contribution in [0, 0.1) is 6.92 Å². The number of hydrogen-bond acceptors (Lipinski definition) is 3. The van der Waals surface area contributed by atoms with Crippen LogP contribution in [-0.2, 0) is 6.54 Å². The van der Waals surface area contributed by atoms with Gasteiger partial charge in [0.05, 0.1) is 0 Å². The van der Waals surface area contributed by atoms with Gasteiger partial charge < -0.3 is 14.9 Å². The number of anilines is 1. The van der Waals surface area contributed by atoms with E-state index in [0.717, 1.165) is 18.7 Å². The molecule has 0 unspecified atom stereocenters. The molecule has 0 heterocycles. The Labute approximate surface area is 120 Å². The van der Waals surface area contributed by atoms with Gasteiger partial charge in [0.15, 0.2) is 0 Å². The predicted octanol–water partition coefficient (Wildman–Crippen LogP) is 1.70. The summed E-state index contributed by atoms with van der Waals surface area (Å²) in [7, 11) is -1.40. The molecule has 2 N–H and O–H groups in total. The van der Waals surface area contributed by atoms with Crippen molar-refractivity contribution >= 4 is 18.3 Å². The molecule has 2 rings (SSSR count). The number of rotatable bonds is 5. The highest BCUT2D eigenvalue weighted by Gasteiger charge is 2.11. The predicted molar refractivity (Wildman–Crippen MR) is 84.2 cm³/mol. The lowest BCUT2D eigenvalue weighted by Crippen LogP contribution is -2.30. The van der Waals surface area contributed by atoms with Gasteiger partial charge in [0, 0.05) is 18.8 Å². The molecule has 0 aliphatic carbocycles. The van der Waals surface area contributed by atoms with Crippen molar-refractivity contribution in [3.63, 3.8) is 0 Å². The van der Waals surface area contributed by atoms with Gasteiger partial charge in [-0.1, -0.05) is 42.5 Å². The number of para-hydroxylation sites is 1. The fourth-order valence-electron chi connectivity index (χ4n) is 2.30. The third-order valence-corrected chi connectivity index (χ3v) is 3.49. The molecule has 2 aromatic rings. The molecule has 0 amide bonds. The topological polar surface area (TPSA) is 43.7 Å². The quantitative estimate of drug-likeness (QED) is 0.812. The van der Waals surface area contributed by atoms with E-state index in [1.807, 2.05) is 18.2 Å². The lowest BCUT2D eigenvalue weighted by Gasteiger charge is -2.25. The first-order valence-electron chi connectivity index (χ1n) is 6.87. The Morgan fingerprint density at radius 3 is 2.20 bits per heavy atom. The summed E-state index contributed by atoms with van der Waals surface area (Å²) in [6.45, 7) is 5.99. The van der Waals surface area contributed by atoms with Gasteiger partial charge in [-0.25, -0.2) is 0 Å². The van der Waals surface area contributed by atoms with Crippen LogP contribution in [0.25, 0.3) is 0 Å². The van der Waals surface area contributed by atoms with E-state index >= 15 is 0 Å². The molecule has 20 heavy (non-hydrogen) atoms. The van der Waals surface area contributed by atoms with Crippen LogP contribution >= 0.6 is 0 Å². The van der Waals surface area contributed by atoms with E-state index in [-0.39, 0.29) is 0 Å². The smallest absolute Gasteiger partial charge is 0.423 e. The molecule has 0 spiro atoms. The lowest BCUT2D eigenvalue weighted by molar-refractivity contribution is 0.426. The van der Waals surface area contributed by atoms with Gasteiger partial charge in [0.1, 0.15) is 0 Å².